The highest BCUT2D eigenvalue weighted by Crippen LogP contribution is 2.23. The smallest absolute Gasteiger partial charge is 0.126 e. The molecule has 28 heavy (non-hydrogen) atoms. The van der Waals surface area contributed by atoms with E-state index in [1.165, 1.54) is 11.1 Å². The van der Waals surface area contributed by atoms with Gasteiger partial charge in [0.05, 0.1) is 5.69 Å². The molecule has 0 radical (unpaired) electrons. The molecule has 2 heterocycles. The second kappa shape index (κ2) is 8.35. The Balaban J connectivity index is 1.50. The van der Waals surface area contributed by atoms with E-state index in [0.29, 0.717) is 6.54 Å². The van der Waals surface area contributed by atoms with Gasteiger partial charge in [0.25, 0.3) is 0 Å². The fraction of sp³-hybridized carbons (Fsp3) is 0.0833. The molecule has 0 fully saturated rings. The maximum absolute atomic E-state index is 4.49. The lowest BCUT2D eigenvalue weighted by molar-refractivity contribution is 1.11. The molecule has 2 N–H and O–H groups in total. The van der Waals surface area contributed by atoms with E-state index in [9.17, 15) is 0 Å². The van der Waals surface area contributed by atoms with Gasteiger partial charge < -0.3 is 10.6 Å². The van der Waals surface area contributed by atoms with E-state index in [2.05, 4.69) is 69.1 Å². The third-order valence-corrected chi connectivity index (χ3v) is 4.61. The molecule has 0 aliphatic carbocycles. The van der Waals surface area contributed by atoms with Crippen LogP contribution >= 0.6 is 0 Å². The van der Waals surface area contributed by atoms with E-state index < -0.39 is 0 Å². The van der Waals surface area contributed by atoms with Gasteiger partial charge in [0.2, 0.25) is 0 Å². The zero-order chi connectivity index (χ0) is 19.2. The Morgan fingerprint density at radius 3 is 2.39 bits per heavy atom. The largest absolute Gasteiger partial charge is 0.388 e. The van der Waals surface area contributed by atoms with Crippen molar-refractivity contribution >= 4 is 11.5 Å². The summed E-state index contributed by atoms with van der Waals surface area (Å²) in [6, 6.07) is 26.9. The molecule has 138 valence electrons. The van der Waals surface area contributed by atoms with Crippen LogP contribution in [0.4, 0.5) is 11.5 Å². The van der Waals surface area contributed by atoms with Crippen LogP contribution in [0, 0.1) is 0 Å². The Bertz CT molecular complexity index is 1060. The van der Waals surface area contributed by atoms with Gasteiger partial charge in [-0.25, -0.2) is 4.98 Å². The number of nitrogens with one attached hydrogen (secondary N) is 2. The van der Waals surface area contributed by atoms with Crippen molar-refractivity contribution in [2.45, 2.75) is 6.54 Å². The highest BCUT2D eigenvalue weighted by Gasteiger charge is 2.04. The number of rotatable bonds is 6. The van der Waals surface area contributed by atoms with Gasteiger partial charge in [-0.1, -0.05) is 48.5 Å². The molecule has 0 atom stereocenters. The number of aromatic nitrogens is 2. The third kappa shape index (κ3) is 4.18. The average Bonchev–Trinajstić information content (AvgIpc) is 2.79. The quantitative estimate of drug-likeness (QED) is 0.475. The Hall–Kier alpha value is -3.66. The molecule has 0 bridgehead atoms. The maximum atomic E-state index is 4.49. The first-order valence-corrected chi connectivity index (χ1v) is 9.30. The van der Waals surface area contributed by atoms with Crippen molar-refractivity contribution in [2.75, 3.05) is 17.7 Å². The lowest BCUT2D eigenvalue weighted by Crippen LogP contribution is -2.01. The van der Waals surface area contributed by atoms with Crippen LogP contribution in [-0.2, 0) is 6.54 Å². The fourth-order valence-electron chi connectivity index (χ4n) is 3.11. The molecule has 0 aliphatic rings. The summed E-state index contributed by atoms with van der Waals surface area (Å²) in [7, 11) is 1.91. The van der Waals surface area contributed by atoms with Crippen LogP contribution in [0.5, 0.6) is 0 Å². The minimum atomic E-state index is 0.699. The van der Waals surface area contributed by atoms with Crippen molar-refractivity contribution in [2.24, 2.45) is 0 Å². The van der Waals surface area contributed by atoms with Gasteiger partial charge in [0, 0.05) is 37.2 Å². The lowest BCUT2D eigenvalue weighted by Gasteiger charge is -2.10. The molecular weight excluding hydrogens is 344 g/mol. The van der Waals surface area contributed by atoms with Gasteiger partial charge in [0.1, 0.15) is 5.82 Å². The molecular formula is C24H22N4. The topological polar surface area (TPSA) is 49.8 Å². The average molecular weight is 366 g/mol. The Kier molecular flexibility index (Phi) is 5.29. The molecule has 0 spiro atoms. The lowest BCUT2D eigenvalue weighted by atomic mass is 10.1. The van der Waals surface area contributed by atoms with Crippen LogP contribution in [0.3, 0.4) is 0 Å². The van der Waals surface area contributed by atoms with E-state index in [0.717, 1.165) is 28.3 Å². The summed E-state index contributed by atoms with van der Waals surface area (Å²) in [6.07, 6.45) is 3.67. The summed E-state index contributed by atoms with van der Waals surface area (Å²) in [4.78, 5) is 8.94. The summed E-state index contributed by atoms with van der Waals surface area (Å²) in [5, 5.41) is 6.58. The Morgan fingerprint density at radius 2 is 1.54 bits per heavy atom. The summed E-state index contributed by atoms with van der Waals surface area (Å²) < 4.78 is 0. The summed E-state index contributed by atoms with van der Waals surface area (Å²) >= 11 is 0. The van der Waals surface area contributed by atoms with Crippen molar-refractivity contribution in [3.63, 3.8) is 0 Å². The van der Waals surface area contributed by atoms with Gasteiger partial charge >= 0.3 is 0 Å². The normalized spacial score (nSPS) is 10.5. The molecule has 0 saturated heterocycles. The van der Waals surface area contributed by atoms with E-state index in [1.54, 1.807) is 0 Å². The first-order valence-electron chi connectivity index (χ1n) is 9.30. The first kappa shape index (κ1) is 17.7. The number of anilines is 2. The third-order valence-electron chi connectivity index (χ3n) is 4.61. The van der Waals surface area contributed by atoms with Crippen LogP contribution in [0.1, 0.15) is 5.56 Å². The van der Waals surface area contributed by atoms with Crippen molar-refractivity contribution in [3.05, 3.63) is 96.8 Å². The number of hydrogen-bond acceptors (Lipinski definition) is 4. The van der Waals surface area contributed by atoms with Gasteiger partial charge in [-0.15, -0.1) is 0 Å². The number of benzene rings is 2. The summed E-state index contributed by atoms with van der Waals surface area (Å²) in [5.74, 6) is 0.863. The van der Waals surface area contributed by atoms with E-state index >= 15 is 0 Å². The standard InChI is InChI=1S/C24H22N4/c1-25-22-11-13-26-23(16-22)21-9-5-6-18(14-21)17-28-24-15-20(10-12-27-24)19-7-3-2-4-8-19/h2-16H,17H2,1H3,(H,25,26)(H,27,28). The van der Waals surface area contributed by atoms with Crippen LogP contribution in [-0.4, -0.2) is 17.0 Å². The van der Waals surface area contributed by atoms with Crippen molar-refractivity contribution in [3.8, 4) is 22.4 Å². The van der Waals surface area contributed by atoms with Crippen LogP contribution in [0.25, 0.3) is 22.4 Å². The second-order valence-corrected chi connectivity index (χ2v) is 6.53. The van der Waals surface area contributed by atoms with Crippen LogP contribution in [0.2, 0.25) is 0 Å². The second-order valence-electron chi connectivity index (χ2n) is 6.53. The van der Waals surface area contributed by atoms with E-state index in [1.807, 2.05) is 49.8 Å². The molecule has 0 amide bonds. The molecule has 4 nitrogen and oxygen atoms in total. The molecule has 4 heteroatoms. The zero-order valence-corrected chi connectivity index (χ0v) is 15.8. The molecule has 0 saturated carbocycles. The molecule has 0 aliphatic heterocycles. The predicted octanol–water partition coefficient (Wildman–Crippen LogP) is 5.46. The van der Waals surface area contributed by atoms with Crippen molar-refractivity contribution in [1.82, 2.24) is 9.97 Å². The van der Waals surface area contributed by atoms with E-state index in [4.69, 9.17) is 0 Å². The molecule has 2 aromatic heterocycles. The highest BCUT2D eigenvalue weighted by molar-refractivity contribution is 5.67. The molecule has 4 aromatic rings. The number of hydrogen-bond donors (Lipinski definition) is 2. The summed E-state index contributed by atoms with van der Waals surface area (Å²) in [6.45, 7) is 0.699. The molecule has 0 unspecified atom stereocenters. The van der Waals surface area contributed by atoms with Gasteiger partial charge in [-0.3, -0.25) is 4.98 Å². The maximum Gasteiger partial charge on any atom is 0.126 e. The van der Waals surface area contributed by atoms with Crippen molar-refractivity contribution in [1.29, 1.82) is 0 Å². The van der Waals surface area contributed by atoms with Gasteiger partial charge in [0.15, 0.2) is 0 Å². The Morgan fingerprint density at radius 1 is 0.714 bits per heavy atom. The zero-order valence-electron chi connectivity index (χ0n) is 15.8. The number of nitrogens with zero attached hydrogens (tertiary/aromatic N) is 2. The Labute approximate surface area is 165 Å². The predicted molar refractivity (Wildman–Crippen MR) is 116 cm³/mol. The van der Waals surface area contributed by atoms with Crippen LogP contribution < -0.4 is 10.6 Å². The number of pyridine rings is 2. The minimum Gasteiger partial charge on any atom is -0.388 e. The fourth-order valence-corrected chi connectivity index (χ4v) is 3.11. The van der Waals surface area contributed by atoms with Crippen molar-refractivity contribution < 1.29 is 0 Å². The van der Waals surface area contributed by atoms with E-state index in [-0.39, 0.29) is 0 Å². The first-order chi connectivity index (χ1) is 13.8. The van der Waals surface area contributed by atoms with Gasteiger partial charge in [-0.05, 0) is 47.0 Å². The summed E-state index contributed by atoms with van der Waals surface area (Å²) in [5.41, 5.74) is 6.63. The monoisotopic (exact) mass is 366 g/mol. The minimum absolute atomic E-state index is 0.699. The highest BCUT2D eigenvalue weighted by atomic mass is 15.0. The van der Waals surface area contributed by atoms with Crippen LogP contribution in [0.15, 0.2) is 91.3 Å². The SMILES string of the molecule is CNc1ccnc(-c2cccc(CNc3cc(-c4ccccc4)ccn3)c2)c1. The molecule has 2 aromatic carbocycles. The molecule has 4 rings (SSSR count). The van der Waals surface area contributed by atoms with Gasteiger partial charge in [-0.2, -0.15) is 0 Å².